The summed E-state index contributed by atoms with van der Waals surface area (Å²) >= 11 is 0. The summed E-state index contributed by atoms with van der Waals surface area (Å²) in [4.78, 5) is 0. The van der Waals surface area contributed by atoms with E-state index in [0.717, 1.165) is 18.4 Å². The van der Waals surface area contributed by atoms with Crippen molar-refractivity contribution in [2.24, 2.45) is 5.92 Å². The Morgan fingerprint density at radius 3 is 2.19 bits per heavy atom. The van der Waals surface area contributed by atoms with Crippen LogP contribution in [0.5, 0.6) is 0 Å². The van der Waals surface area contributed by atoms with Gasteiger partial charge in [0.1, 0.15) is 0 Å². The van der Waals surface area contributed by atoms with Crippen molar-refractivity contribution in [2.45, 2.75) is 51.6 Å². The average Bonchev–Trinajstić information content (AvgIpc) is 2.90. The Morgan fingerprint density at radius 1 is 1.25 bits per heavy atom. The fourth-order valence-corrected chi connectivity index (χ4v) is 2.41. The third-order valence-electron chi connectivity index (χ3n) is 3.82. The second kappa shape index (κ2) is 3.59. The largest absolute Gasteiger partial charge is 0.385 e. The number of aliphatic hydroxyl groups is 1. The second-order valence-electron chi connectivity index (χ2n) is 6.06. The first-order chi connectivity index (χ1) is 7.38. The highest BCUT2D eigenvalue weighted by Crippen LogP contribution is 2.53. The molecule has 2 atom stereocenters. The van der Waals surface area contributed by atoms with Gasteiger partial charge in [0, 0.05) is 0 Å². The Labute approximate surface area is 98.5 Å². The molecule has 1 aromatic carbocycles. The summed E-state index contributed by atoms with van der Waals surface area (Å²) in [5.41, 5.74) is 2.08. The van der Waals surface area contributed by atoms with E-state index < -0.39 is 5.60 Å². The van der Waals surface area contributed by atoms with Crippen LogP contribution in [0.3, 0.4) is 0 Å². The van der Waals surface area contributed by atoms with Crippen molar-refractivity contribution >= 4 is 0 Å². The van der Waals surface area contributed by atoms with Gasteiger partial charge in [-0.05, 0) is 28.9 Å². The molecule has 0 aromatic heterocycles. The molecule has 1 N–H and O–H groups in total. The van der Waals surface area contributed by atoms with Crippen LogP contribution >= 0.6 is 0 Å². The van der Waals surface area contributed by atoms with E-state index in [1.54, 1.807) is 0 Å². The first-order valence-corrected chi connectivity index (χ1v) is 6.21. The molecule has 0 spiro atoms. The first kappa shape index (κ1) is 11.7. The molecule has 2 unspecified atom stereocenters. The Balaban J connectivity index is 2.21. The van der Waals surface area contributed by atoms with E-state index in [0.29, 0.717) is 5.92 Å². The summed E-state index contributed by atoms with van der Waals surface area (Å²) in [7, 11) is 0. The minimum atomic E-state index is -0.523. The van der Waals surface area contributed by atoms with Gasteiger partial charge >= 0.3 is 0 Å². The Morgan fingerprint density at radius 2 is 1.81 bits per heavy atom. The molecular weight excluding hydrogens is 196 g/mol. The van der Waals surface area contributed by atoms with Crippen LogP contribution < -0.4 is 0 Å². The highest BCUT2D eigenvalue weighted by atomic mass is 16.3. The van der Waals surface area contributed by atoms with Crippen molar-refractivity contribution in [3.05, 3.63) is 35.4 Å². The minimum Gasteiger partial charge on any atom is -0.385 e. The topological polar surface area (TPSA) is 20.2 Å². The van der Waals surface area contributed by atoms with Crippen molar-refractivity contribution in [3.8, 4) is 0 Å². The van der Waals surface area contributed by atoms with Crippen LogP contribution in [0, 0.1) is 5.92 Å². The van der Waals surface area contributed by atoms with Gasteiger partial charge in [-0.15, -0.1) is 0 Å². The lowest BCUT2D eigenvalue weighted by Crippen LogP contribution is -2.13. The van der Waals surface area contributed by atoms with E-state index in [1.807, 2.05) is 0 Å². The van der Waals surface area contributed by atoms with Gasteiger partial charge in [-0.1, -0.05) is 58.4 Å². The standard InChI is InChI=1S/C15H22O/c1-5-11-10-15(11,16)13-8-6-12(7-9-13)14(2,3)4/h6-9,11,16H,5,10H2,1-4H3. The normalized spacial score (nSPS) is 29.2. The van der Waals surface area contributed by atoms with Gasteiger partial charge in [-0.3, -0.25) is 0 Å². The zero-order chi connectivity index (χ0) is 12.0. The minimum absolute atomic E-state index is 0.189. The van der Waals surface area contributed by atoms with Gasteiger partial charge in [-0.2, -0.15) is 0 Å². The van der Waals surface area contributed by atoms with Crippen LogP contribution in [0.1, 0.15) is 51.7 Å². The van der Waals surface area contributed by atoms with Crippen LogP contribution in [-0.4, -0.2) is 5.11 Å². The van der Waals surface area contributed by atoms with Gasteiger partial charge in [0.05, 0.1) is 5.60 Å². The average molecular weight is 218 g/mol. The first-order valence-electron chi connectivity index (χ1n) is 6.21. The molecule has 1 nitrogen and oxygen atoms in total. The smallest absolute Gasteiger partial charge is 0.0929 e. The molecular formula is C15H22O. The predicted octanol–water partition coefficient (Wildman–Crippen LogP) is 3.60. The molecule has 1 aliphatic rings. The summed E-state index contributed by atoms with van der Waals surface area (Å²) in [6.45, 7) is 8.78. The molecule has 88 valence electrons. The van der Waals surface area contributed by atoms with Gasteiger partial charge in [0.2, 0.25) is 0 Å². The molecule has 0 bridgehead atoms. The lowest BCUT2D eigenvalue weighted by atomic mass is 9.86. The maximum atomic E-state index is 10.4. The highest BCUT2D eigenvalue weighted by Gasteiger charge is 2.52. The molecule has 0 saturated heterocycles. The summed E-state index contributed by atoms with van der Waals surface area (Å²) < 4.78 is 0. The van der Waals surface area contributed by atoms with Crippen molar-refractivity contribution in [1.82, 2.24) is 0 Å². The maximum absolute atomic E-state index is 10.4. The Kier molecular flexibility index (Phi) is 2.62. The van der Waals surface area contributed by atoms with E-state index in [2.05, 4.69) is 52.0 Å². The molecule has 0 radical (unpaired) electrons. The molecule has 1 fully saturated rings. The number of benzene rings is 1. The van der Waals surface area contributed by atoms with Crippen LogP contribution in [0.25, 0.3) is 0 Å². The molecule has 1 aromatic rings. The third kappa shape index (κ3) is 1.89. The number of hydrogen-bond donors (Lipinski definition) is 1. The summed E-state index contributed by atoms with van der Waals surface area (Å²) in [6.07, 6.45) is 2.00. The summed E-state index contributed by atoms with van der Waals surface area (Å²) in [6, 6.07) is 8.49. The zero-order valence-electron chi connectivity index (χ0n) is 10.7. The second-order valence-corrected chi connectivity index (χ2v) is 6.06. The van der Waals surface area contributed by atoms with Crippen molar-refractivity contribution < 1.29 is 5.11 Å². The molecule has 16 heavy (non-hydrogen) atoms. The van der Waals surface area contributed by atoms with Crippen LogP contribution in [0.2, 0.25) is 0 Å². The van der Waals surface area contributed by atoms with Crippen LogP contribution in [0.15, 0.2) is 24.3 Å². The lowest BCUT2D eigenvalue weighted by molar-refractivity contribution is 0.130. The van der Waals surface area contributed by atoms with Gasteiger partial charge in [-0.25, -0.2) is 0 Å². The van der Waals surface area contributed by atoms with E-state index in [-0.39, 0.29) is 5.41 Å². The maximum Gasteiger partial charge on any atom is 0.0929 e. The monoisotopic (exact) mass is 218 g/mol. The zero-order valence-corrected chi connectivity index (χ0v) is 10.7. The van der Waals surface area contributed by atoms with Crippen LogP contribution in [-0.2, 0) is 11.0 Å². The van der Waals surface area contributed by atoms with Crippen molar-refractivity contribution in [3.63, 3.8) is 0 Å². The molecule has 1 heteroatoms. The SMILES string of the molecule is CCC1CC1(O)c1ccc(C(C)(C)C)cc1. The highest BCUT2D eigenvalue weighted by molar-refractivity contribution is 5.34. The van der Waals surface area contributed by atoms with Crippen molar-refractivity contribution in [2.75, 3.05) is 0 Å². The fourth-order valence-electron chi connectivity index (χ4n) is 2.41. The quantitative estimate of drug-likeness (QED) is 0.804. The van der Waals surface area contributed by atoms with Gasteiger partial charge in [0.15, 0.2) is 0 Å². The predicted molar refractivity (Wildman–Crippen MR) is 67.4 cm³/mol. The van der Waals surface area contributed by atoms with Crippen molar-refractivity contribution in [1.29, 1.82) is 0 Å². The van der Waals surface area contributed by atoms with E-state index in [4.69, 9.17) is 0 Å². The van der Waals surface area contributed by atoms with Crippen LogP contribution in [0.4, 0.5) is 0 Å². The molecule has 0 aliphatic heterocycles. The third-order valence-corrected chi connectivity index (χ3v) is 3.82. The fraction of sp³-hybridized carbons (Fsp3) is 0.600. The van der Waals surface area contributed by atoms with E-state index in [1.165, 1.54) is 5.56 Å². The Bertz CT molecular complexity index is 371. The van der Waals surface area contributed by atoms with E-state index in [9.17, 15) is 5.11 Å². The summed E-state index contributed by atoms with van der Waals surface area (Å²) in [5, 5.41) is 10.4. The molecule has 0 amide bonds. The molecule has 1 aliphatic carbocycles. The number of rotatable bonds is 2. The Hall–Kier alpha value is -0.820. The molecule has 2 rings (SSSR count). The lowest BCUT2D eigenvalue weighted by Gasteiger charge is -2.20. The van der Waals surface area contributed by atoms with Gasteiger partial charge < -0.3 is 5.11 Å². The molecule has 1 saturated carbocycles. The number of hydrogen-bond acceptors (Lipinski definition) is 1. The van der Waals surface area contributed by atoms with Gasteiger partial charge in [0.25, 0.3) is 0 Å². The summed E-state index contributed by atoms with van der Waals surface area (Å²) in [5.74, 6) is 0.466. The molecule has 0 heterocycles. The van der Waals surface area contributed by atoms with E-state index >= 15 is 0 Å².